The molecule has 2 unspecified atom stereocenters. The summed E-state index contributed by atoms with van der Waals surface area (Å²) in [7, 11) is 2.19. The molecule has 0 amide bonds. The van der Waals surface area contributed by atoms with E-state index in [9.17, 15) is 5.11 Å². The molecule has 4 N–H and O–H groups in total. The second-order valence-electron chi connectivity index (χ2n) is 4.65. The maximum Gasteiger partial charge on any atom is 0.0786 e. The van der Waals surface area contributed by atoms with E-state index in [0.717, 1.165) is 12.5 Å². The van der Waals surface area contributed by atoms with Crippen molar-refractivity contribution in [3.8, 4) is 0 Å². The number of nitrogens with one attached hydrogen (secondary N) is 1. The van der Waals surface area contributed by atoms with E-state index < -0.39 is 0 Å². The van der Waals surface area contributed by atoms with Gasteiger partial charge in [-0.25, -0.2) is 0 Å². The van der Waals surface area contributed by atoms with Crippen molar-refractivity contribution in [2.24, 2.45) is 11.7 Å². The molecular weight excluding hydrogens is 190 g/mol. The maximum atomic E-state index is 9.24. The van der Waals surface area contributed by atoms with Crippen LogP contribution in [0.25, 0.3) is 0 Å². The average molecular weight is 215 g/mol. The first kappa shape index (κ1) is 12.9. The van der Waals surface area contributed by atoms with Gasteiger partial charge < -0.3 is 21.1 Å². The van der Waals surface area contributed by atoms with Crippen molar-refractivity contribution in [3.63, 3.8) is 0 Å². The lowest BCUT2D eigenvalue weighted by Gasteiger charge is -2.29. The van der Waals surface area contributed by atoms with Gasteiger partial charge in [0.05, 0.1) is 6.10 Å². The van der Waals surface area contributed by atoms with E-state index in [1.54, 1.807) is 0 Å². The fraction of sp³-hybridized carbons (Fsp3) is 1.00. The van der Waals surface area contributed by atoms with Gasteiger partial charge in [-0.15, -0.1) is 0 Å². The lowest BCUT2D eigenvalue weighted by molar-refractivity contribution is 0.173. The van der Waals surface area contributed by atoms with Crippen molar-refractivity contribution in [3.05, 3.63) is 0 Å². The highest BCUT2D eigenvalue weighted by molar-refractivity contribution is 4.71. The molecule has 0 aromatic rings. The third-order valence-corrected chi connectivity index (χ3v) is 3.10. The first-order valence-corrected chi connectivity index (χ1v) is 5.99. The van der Waals surface area contributed by atoms with Gasteiger partial charge in [0, 0.05) is 19.6 Å². The molecule has 0 aliphatic carbocycles. The fourth-order valence-corrected chi connectivity index (χ4v) is 2.17. The quantitative estimate of drug-likeness (QED) is 0.529. The van der Waals surface area contributed by atoms with Crippen molar-refractivity contribution in [1.82, 2.24) is 10.2 Å². The summed E-state index contributed by atoms with van der Waals surface area (Å²) in [6.45, 7) is 4.44. The number of nitrogens with zero attached hydrogens (tertiary/aromatic N) is 1. The van der Waals surface area contributed by atoms with E-state index in [4.69, 9.17) is 5.73 Å². The van der Waals surface area contributed by atoms with Crippen molar-refractivity contribution >= 4 is 0 Å². The highest BCUT2D eigenvalue weighted by Gasteiger charge is 2.16. The van der Waals surface area contributed by atoms with Gasteiger partial charge in [0.15, 0.2) is 0 Å². The zero-order chi connectivity index (χ0) is 11.1. The summed E-state index contributed by atoms with van der Waals surface area (Å²) in [6, 6.07) is 0. The predicted octanol–water partition coefficient (Wildman–Crippen LogP) is -0.372. The van der Waals surface area contributed by atoms with Gasteiger partial charge in [-0.2, -0.15) is 0 Å². The van der Waals surface area contributed by atoms with Crippen molar-refractivity contribution in [1.29, 1.82) is 0 Å². The molecule has 1 rings (SSSR count). The smallest absolute Gasteiger partial charge is 0.0786 e. The minimum atomic E-state index is -0.390. The summed E-state index contributed by atoms with van der Waals surface area (Å²) >= 11 is 0. The second-order valence-corrected chi connectivity index (χ2v) is 4.65. The van der Waals surface area contributed by atoms with Gasteiger partial charge in [0.1, 0.15) is 0 Å². The van der Waals surface area contributed by atoms with E-state index in [1.165, 1.54) is 32.4 Å². The Hall–Kier alpha value is -0.160. The summed E-state index contributed by atoms with van der Waals surface area (Å²) in [4.78, 5) is 2.41. The van der Waals surface area contributed by atoms with E-state index >= 15 is 0 Å². The number of hydrogen-bond acceptors (Lipinski definition) is 4. The molecule has 0 aromatic heterocycles. The minimum Gasteiger partial charge on any atom is -0.390 e. The van der Waals surface area contributed by atoms with Crippen LogP contribution in [0.2, 0.25) is 0 Å². The number of piperidine rings is 1. The van der Waals surface area contributed by atoms with E-state index in [0.29, 0.717) is 13.1 Å². The third-order valence-electron chi connectivity index (χ3n) is 3.10. The Labute approximate surface area is 92.8 Å². The molecule has 1 fully saturated rings. The van der Waals surface area contributed by atoms with Crippen LogP contribution in [-0.2, 0) is 0 Å². The molecule has 15 heavy (non-hydrogen) atoms. The van der Waals surface area contributed by atoms with E-state index in [2.05, 4.69) is 17.3 Å². The molecular formula is C11H25N3O. The Bertz CT molecular complexity index is 166. The van der Waals surface area contributed by atoms with Crippen LogP contribution >= 0.6 is 0 Å². The molecule has 2 atom stereocenters. The van der Waals surface area contributed by atoms with Crippen LogP contribution in [0.5, 0.6) is 0 Å². The van der Waals surface area contributed by atoms with E-state index in [1.807, 2.05) is 0 Å². The van der Waals surface area contributed by atoms with Gasteiger partial charge in [0.2, 0.25) is 0 Å². The molecule has 1 aliphatic rings. The zero-order valence-corrected chi connectivity index (χ0v) is 9.78. The molecule has 0 bridgehead atoms. The molecule has 1 heterocycles. The normalized spacial score (nSPS) is 25.4. The summed E-state index contributed by atoms with van der Waals surface area (Å²) in [5, 5.41) is 12.5. The van der Waals surface area contributed by atoms with Crippen molar-refractivity contribution in [2.75, 3.05) is 39.8 Å². The summed E-state index contributed by atoms with van der Waals surface area (Å²) in [5.74, 6) is 0.825. The number of likely N-dealkylation sites (tertiary alicyclic amines) is 1. The largest absolute Gasteiger partial charge is 0.390 e. The number of aliphatic hydroxyl groups is 1. The second kappa shape index (κ2) is 7.17. The van der Waals surface area contributed by atoms with Gasteiger partial charge in [-0.05, 0) is 45.3 Å². The highest BCUT2D eigenvalue weighted by atomic mass is 16.3. The minimum absolute atomic E-state index is 0.346. The van der Waals surface area contributed by atoms with Gasteiger partial charge in [-0.1, -0.05) is 0 Å². The molecule has 0 spiro atoms. The van der Waals surface area contributed by atoms with Gasteiger partial charge in [-0.3, -0.25) is 0 Å². The average Bonchev–Trinajstić information content (AvgIpc) is 2.24. The summed E-state index contributed by atoms with van der Waals surface area (Å²) < 4.78 is 0. The lowest BCUT2D eigenvalue weighted by atomic mass is 9.95. The Morgan fingerprint density at radius 2 is 2.40 bits per heavy atom. The topological polar surface area (TPSA) is 61.5 Å². The van der Waals surface area contributed by atoms with Crippen LogP contribution < -0.4 is 11.1 Å². The van der Waals surface area contributed by atoms with Gasteiger partial charge in [0.25, 0.3) is 0 Å². The van der Waals surface area contributed by atoms with Crippen LogP contribution in [0.15, 0.2) is 0 Å². The predicted molar refractivity (Wildman–Crippen MR) is 62.8 cm³/mol. The standard InChI is InChI=1S/C11H25N3O/c1-14-6-2-3-10(9-14)4-5-13-8-11(15)7-12/h10-11,13,15H,2-9,12H2,1H3. The Morgan fingerprint density at radius 1 is 1.60 bits per heavy atom. The Balaban J connectivity index is 1.99. The molecule has 1 aliphatic heterocycles. The summed E-state index contributed by atoms with van der Waals surface area (Å²) in [6.07, 6.45) is 3.50. The molecule has 0 saturated carbocycles. The highest BCUT2D eigenvalue weighted by Crippen LogP contribution is 2.17. The van der Waals surface area contributed by atoms with Crippen molar-refractivity contribution < 1.29 is 5.11 Å². The molecule has 0 aromatic carbocycles. The molecule has 4 heteroatoms. The number of nitrogens with two attached hydrogens (primary N) is 1. The molecule has 4 nitrogen and oxygen atoms in total. The fourth-order valence-electron chi connectivity index (χ4n) is 2.17. The Morgan fingerprint density at radius 3 is 3.07 bits per heavy atom. The SMILES string of the molecule is CN1CCCC(CCNCC(O)CN)C1. The number of aliphatic hydroxyl groups excluding tert-OH is 1. The first-order valence-electron chi connectivity index (χ1n) is 5.99. The van der Waals surface area contributed by atoms with E-state index in [-0.39, 0.29) is 6.10 Å². The molecule has 0 radical (unpaired) electrons. The first-order chi connectivity index (χ1) is 7.22. The molecule has 1 saturated heterocycles. The van der Waals surface area contributed by atoms with Gasteiger partial charge >= 0.3 is 0 Å². The maximum absolute atomic E-state index is 9.24. The molecule has 90 valence electrons. The number of rotatable bonds is 6. The van der Waals surface area contributed by atoms with Crippen LogP contribution in [0.1, 0.15) is 19.3 Å². The van der Waals surface area contributed by atoms with Crippen LogP contribution in [0, 0.1) is 5.92 Å². The third kappa shape index (κ3) is 5.47. The van der Waals surface area contributed by atoms with Crippen LogP contribution in [0.4, 0.5) is 0 Å². The Kier molecular flexibility index (Phi) is 6.17. The monoisotopic (exact) mass is 215 g/mol. The van der Waals surface area contributed by atoms with Crippen LogP contribution in [0.3, 0.4) is 0 Å². The summed E-state index contributed by atoms with van der Waals surface area (Å²) in [5.41, 5.74) is 5.32. The lowest BCUT2D eigenvalue weighted by Crippen LogP contribution is -2.36. The van der Waals surface area contributed by atoms with Crippen LogP contribution in [-0.4, -0.2) is 55.9 Å². The number of hydrogen-bond donors (Lipinski definition) is 3. The zero-order valence-electron chi connectivity index (χ0n) is 9.78. The van der Waals surface area contributed by atoms with Crippen molar-refractivity contribution in [2.45, 2.75) is 25.4 Å².